The summed E-state index contributed by atoms with van der Waals surface area (Å²) >= 11 is 0. The van der Waals surface area contributed by atoms with Crippen molar-refractivity contribution in [3.8, 4) is 0 Å². The number of primary amides is 1. The van der Waals surface area contributed by atoms with Crippen molar-refractivity contribution >= 4 is 27.5 Å². The maximum absolute atomic E-state index is 13.1. The fourth-order valence-electron chi connectivity index (χ4n) is 3.39. The minimum absolute atomic E-state index is 0.00651. The van der Waals surface area contributed by atoms with E-state index >= 15 is 0 Å². The van der Waals surface area contributed by atoms with Crippen molar-refractivity contribution in [3.05, 3.63) is 94.8 Å². The third-order valence-corrected chi connectivity index (χ3v) is 6.86. The van der Waals surface area contributed by atoms with Crippen molar-refractivity contribution in [1.82, 2.24) is 5.32 Å². The van der Waals surface area contributed by atoms with E-state index in [0.29, 0.717) is 16.8 Å². The highest BCUT2D eigenvalue weighted by Crippen LogP contribution is 2.21. The molecule has 0 aliphatic rings. The highest BCUT2D eigenvalue weighted by Gasteiger charge is 2.19. The lowest BCUT2D eigenvalue weighted by Crippen LogP contribution is -2.37. The molecule has 0 aromatic heterocycles. The summed E-state index contributed by atoms with van der Waals surface area (Å²) in [4.78, 5) is 24.5. The average molecular weight is 484 g/mol. The number of carbonyl (C=O) groups excluding carboxylic acids is 2. The first kappa shape index (κ1) is 24.9. The van der Waals surface area contributed by atoms with Gasteiger partial charge in [-0.1, -0.05) is 24.3 Å². The maximum Gasteiger partial charge on any atom is 0.262 e. The van der Waals surface area contributed by atoms with E-state index in [2.05, 4.69) is 10.0 Å². The molecule has 34 heavy (non-hydrogen) atoms. The van der Waals surface area contributed by atoms with Crippen LogP contribution in [0.3, 0.4) is 0 Å². The van der Waals surface area contributed by atoms with Crippen LogP contribution < -0.4 is 15.8 Å². The zero-order chi connectivity index (χ0) is 24.9. The van der Waals surface area contributed by atoms with E-state index in [4.69, 9.17) is 5.73 Å². The summed E-state index contributed by atoms with van der Waals surface area (Å²) in [6.45, 7) is 3.54. The number of rotatable bonds is 9. The molecule has 0 fully saturated rings. The summed E-state index contributed by atoms with van der Waals surface area (Å²) in [7, 11) is -3.79. The Bertz CT molecular complexity index is 1290. The van der Waals surface area contributed by atoms with E-state index in [1.54, 1.807) is 31.2 Å². The van der Waals surface area contributed by atoms with Crippen LogP contribution in [-0.2, 0) is 21.2 Å². The molecule has 0 bridgehead atoms. The normalized spacial score (nSPS) is 12.1. The van der Waals surface area contributed by atoms with Gasteiger partial charge >= 0.3 is 0 Å². The molecule has 4 N–H and O–H groups in total. The van der Waals surface area contributed by atoms with Crippen molar-refractivity contribution in [2.45, 2.75) is 25.2 Å². The summed E-state index contributed by atoms with van der Waals surface area (Å²) in [5, 5.41) is 2.67. The predicted octanol–water partition coefficient (Wildman–Crippen LogP) is 3.32. The highest BCUT2D eigenvalue weighted by atomic mass is 32.2. The summed E-state index contributed by atoms with van der Waals surface area (Å²) in [6.07, 6.45) is 0.259. The van der Waals surface area contributed by atoms with E-state index in [9.17, 15) is 22.4 Å². The molecule has 3 rings (SSSR count). The number of aryl methyl sites for hydroxylation is 2. The van der Waals surface area contributed by atoms with Gasteiger partial charge in [0.05, 0.1) is 10.8 Å². The number of anilines is 1. The van der Waals surface area contributed by atoms with Gasteiger partial charge in [-0.15, -0.1) is 0 Å². The Morgan fingerprint density at radius 3 is 2.24 bits per heavy atom. The number of sulfonamides is 1. The molecule has 0 radical (unpaired) electrons. The van der Waals surface area contributed by atoms with Crippen LogP contribution in [0.15, 0.2) is 71.6 Å². The minimum Gasteiger partial charge on any atom is -0.369 e. The molecule has 178 valence electrons. The largest absolute Gasteiger partial charge is 0.369 e. The van der Waals surface area contributed by atoms with Gasteiger partial charge in [0, 0.05) is 17.8 Å². The number of halogens is 1. The Hall–Kier alpha value is -3.72. The molecule has 0 saturated heterocycles. The number of amides is 2. The van der Waals surface area contributed by atoms with Crippen LogP contribution in [0.5, 0.6) is 0 Å². The van der Waals surface area contributed by atoms with Crippen LogP contribution in [0.2, 0.25) is 0 Å². The first-order valence-electron chi connectivity index (χ1n) is 10.6. The van der Waals surface area contributed by atoms with Gasteiger partial charge in [0.2, 0.25) is 5.91 Å². The quantitative estimate of drug-likeness (QED) is 0.433. The standard InChI is InChI=1S/C25H26FN3O4S/c1-16-3-4-17(2)23(13-16)34(32,33)29-22-11-7-19(8-12-22)25(31)28-15-20(24(27)30)14-18-5-9-21(26)10-6-18/h3-13,20,29H,14-15H2,1-2H3,(H2,27,30)(H,28,31). The van der Waals surface area contributed by atoms with Crippen LogP contribution in [0, 0.1) is 25.6 Å². The molecule has 1 unspecified atom stereocenters. The second-order valence-corrected chi connectivity index (χ2v) is 9.74. The van der Waals surface area contributed by atoms with Crippen LogP contribution in [-0.4, -0.2) is 26.8 Å². The fourth-order valence-corrected chi connectivity index (χ4v) is 4.78. The number of nitrogens with two attached hydrogens (primary N) is 1. The fraction of sp³-hybridized carbons (Fsp3) is 0.200. The molecule has 0 spiro atoms. The third-order valence-electron chi connectivity index (χ3n) is 5.34. The van der Waals surface area contributed by atoms with Gasteiger partial charge in [-0.05, 0) is 79.4 Å². The minimum atomic E-state index is -3.79. The Labute approximate surface area is 198 Å². The number of hydrogen-bond donors (Lipinski definition) is 3. The highest BCUT2D eigenvalue weighted by molar-refractivity contribution is 7.92. The molecule has 0 heterocycles. The molecule has 3 aromatic rings. The van der Waals surface area contributed by atoms with Crippen molar-refractivity contribution < 1.29 is 22.4 Å². The van der Waals surface area contributed by atoms with Crippen molar-refractivity contribution in [2.24, 2.45) is 11.7 Å². The zero-order valence-corrected chi connectivity index (χ0v) is 19.7. The lowest BCUT2D eigenvalue weighted by Gasteiger charge is -2.15. The predicted molar refractivity (Wildman–Crippen MR) is 128 cm³/mol. The lowest BCUT2D eigenvalue weighted by molar-refractivity contribution is -0.121. The van der Waals surface area contributed by atoms with Crippen LogP contribution >= 0.6 is 0 Å². The number of hydrogen-bond acceptors (Lipinski definition) is 4. The van der Waals surface area contributed by atoms with E-state index in [1.165, 1.54) is 36.4 Å². The van der Waals surface area contributed by atoms with Gasteiger partial charge in [0.25, 0.3) is 15.9 Å². The van der Waals surface area contributed by atoms with E-state index in [-0.39, 0.29) is 23.7 Å². The SMILES string of the molecule is Cc1ccc(C)c(S(=O)(=O)Nc2ccc(C(=O)NCC(Cc3ccc(F)cc3)C(N)=O)cc2)c1. The second-order valence-electron chi connectivity index (χ2n) is 8.09. The molecule has 1 atom stereocenters. The first-order valence-corrected chi connectivity index (χ1v) is 12.1. The van der Waals surface area contributed by atoms with Crippen LogP contribution in [0.1, 0.15) is 27.0 Å². The molecular formula is C25H26FN3O4S. The first-order chi connectivity index (χ1) is 16.0. The van der Waals surface area contributed by atoms with E-state index in [1.807, 2.05) is 13.0 Å². The van der Waals surface area contributed by atoms with Crippen LogP contribution in [0.25, 0.3) is 0 Å². The Balaban J connectivity index is 1.63. The molecule has 9 heteroatoms. The van der Waals surface area contributed by atoms with Gasteiger partial charge in [-0.25, -0.2) is 12.8 Å². The van der Waals surface area contributed by atoms with Crippen LogP contribution in [0.4, 0.5) is 10.1 Å². The van der Waals surface area contributed by atoms with Gasteiger partial charge in [-0.3, -0.25) is 14.3 Å². The van der Waals surface area contributed by atoms with Gasteiger partial charge in [0.15, 0.2) is 0 Å². The second kappa shape index (κ2) is 10.5. The maximum atomic E-state index is 13.1. The summed E-state index contributed by atoms with van der Waals surface area (Å²) < 4.78 is 41.1. The molecular weight excluding hydrogens is 457 g/mol. The summed E-state index contributed by atoms with van der Waals surface area (Å²) in [5.41, 5.74) is 8.23. The Morgan fingerprint density at radius 1 is 0.971 bits per heavy atom. The smallest absolute Gasteiger partial charge is 0.262 e. The van der Waals surface area contributed by atoms with Crippen molar-refractivity contribution in [1.29, 1.82) is 0 Å². The Morgan fingerprint density at radius 2 is 1.62 bits per heavy atom. The molecule has 0 aliphatic carbocycles. The monoisotopic (exact) mass is 483 g/mol. The lowest BCUT2D eigenvalue weighted by atomic mass is 9.98. The van der Waals surface area contributed by atoms with Crippen molar-refractivity contribution in [2.75, 3.05) is 11.3 Å². The summed E-state index contributed by atoms with van der Waals surface area (Å²) in [5.74, 6) is -2.07. The van der Waals surface area contributed by atoms with E-state index < -0.39 is 27.8 Å². The van der Waals surface area contributed by atoms with Gasteiger partial charge in [0.1, 0.15) is 5.82 Å². The molecule has 0 aliphatic heterocycles. The molecule has 3 aromatic carbocycles. The zero-order valence-electron chi connectivity index (χ0n) is 18.8. The summed E-state index contributed by atoms with van der Waals surface area (Å²) in [6, 6.07) is 16.8. The molecule has 7 nitrogen and oxygen atoms in total. The average Bonchev–Trinajstić information content (AvgIpc) is 2.79. The topological polar surface area (TPSA) is 118 Å². The molecule has 2 amide bonds. The number of nitrogens with one attached hydrogen (secondary N) is 2. The molecule has 0 saturated carbocycles. The van der Waals surface area contributed by atoms with Crippen molar-refractivity contribution in [3.63, 3.8) is 0 Å². The number of benzene rings is 3. The van der Waals surface area contributed by atoms with Gasteiger partial charge < -0.3 is 11.1 Å². The third kappa shape index (κ3) is 6.41. The van der Waals surface area contributed by atoms with Gasteiger partial charge in [-0.2, -0.15) is 0 Å². The Kier molecular flexibility index (Phi) is 7.68. The van der Waals surface area contributed by atoms with E-state index in [0.717, 1.165) is 11.1 Å². The number of carbonyl (C=O) groups is 2.